The summed E-state index contributed by atoms with van der Waals surface area (Å²) in [5, 5.41) is 0. The van der Waals surface area contributed by atoms with Crippen molar-refractivity contribution in [2.24, 2.45) is 0 Å². The summed E-state index contributed by atoms with van der Waals surface area (Å²) in [4.78, 5) is 0. The first-order chi connectivity index (χ1) is 8.09. The molecule has 9 heteroatoms. The van der Waals surface area contributed by atoms with E-state index in [1.54, 1.807) is 13.0 Å². The van der Waals surface area contributed by atoms with Crippen molar-refractivity contribution in [3.8, 4) is 0 Å². The van der Waals surface area contributed by atoms with E-state index in [9.17, 15) is 16.8 Å². The zero-order valence-electron chi connectivity index (χ0n) is 9.73. The zero-order valence-corrected chi connectivity index (χ0v) is 11.4. The lowest BCUT2D eigenvalue weighted by Gasteiger charge is -2.20. The topological polar surface area (TPSA) is 112 Å². The summed E-state index contributed by atoms with van der Waals surface area (Å²) >= 11 is 0. The van der Waals surface area contributed by atoms with Gasteiger partial charge in [-0.25, -0.2) is 0 Å². The number of benzene rings is 1. The van der Waals surface area contributed by atoms with Gasteiger partial charge in [-0.1, -0.05) is 19.1 Å². The molecular formula is C9H13NO6S2. The van der Waals surface area contributed by atoms with E-state index in [0.717, 1.165) is 0 Å². The lowest BCUT2D eigenvalue weighted by Crippen LogP contribution is -2.36. The zero-order chi connectivity index (χ0) is 14.1. The van der Waals surface area contributed by atoms with Gasteiger partial charge in [-0.05, 0) is 30.5 Å². The van der Waals surface area contributed by atoms with Crippen molar-refractivity contribution >= 4 is 26.3 Å². The van der Waals surface area contributed by atoms with Gasteiger partial charge in [-0.2, -0.15) is 16.8 Å². The number of hydrogen-bond acceptors (Lipinski definition) is 4. The van der Waals surface area contributed by atoms with Crippen molar-refractivity contribution in [3.05, 3.63) is 29.3 Å². The largest absolute Gasteiger partial charge is 0.375 e. The fraction of sp³-hybridized carbons (Fsp3) is 0.333. The van der Waals surface area contributed by atoms with Crippen LogP contribution in [0, 0.1) is 6.92 Å². The second-order valence-electron chi connectivity index (χ2n) is 3.57. The SMILES string of the molecule is CCc1cccc(N(S(=O)(=O)O)S(=O)(=O)O)c1C. The molecule has 0 saturated carbocycles. The molecule has 2 N–H and O–H groups in total. The molecule has 1 aromatic carbocycles. The molecule has 0 saturated heterocycles. The summed E-state index contributed by atoms with van der Waals surface area (Å²) < 4.78 is 61.7. The van der Waals surface area contributed by atoms with Crippen LogP contribution < -0.4 is 3.71 Å². The average Bonchev–Trinajstić information content (AvgIpc) is 2.17. The minimum atomic E-state index is -5.13. The van der Waals surface area contributed by atoms with Crippen molar-refractivity contribution < 1.29 is 25.9 Å². The van der Waals surface area contributed by atoms with E-state index in [0.29, 0.717) is 17.5 Å². The Morgan fingerprint density at radius 1 is 1.11 bits per heavy atom. The van der Waals surface area contributed by atoms with Crippen LogP contribution in [0.2, 0.25) is 0 Å². The first kappa shape index (κ1) is 14.9. The summed E-state index contributed by atoms with van der Waals surface area (Å²) in [6.07, 6.45) is 0.546. The molecule has 1 rings (SSSR count). The predicted octanol–water partition coefficient (Wildman–Crippen LogP) is 0.969. The third-order valence-corrected chi connectivity index (χ3v) is 4.78. The second kappa shape index (κ2) is 4.84. The Hall–Kier alpha value is -1.16. The van der Waals surface area contributed by atoms with Gasteiger partial charge in [0.15, 0.2) is 0 Å². The predicted molar refractivity (Wildman–Crippen MR) is 66.1 cm³/mol. The Labute approximate surface area is 106 Å². The Balaban J connectivity index is 3.61. The monoisotopic (exact) mass is 295 g/mol. The van der Waals surface area contributed by atoms with Crippen molar-refractivity contribution in [3.63, 3.8) is 0 Å². The van der Waals surface area contributed by atoms with Crippen LogP contribution in [-0.2, 0) is 27.0 Å². The molecule has 0 atom stereocenters. The molecule has 0 aromatic heterocycles. The van der Waals surface area contributed by atoms with Gasteiger partial charge in [-0.15, -0.1) is 3.71 Å². The fourth-order valence-electron chi connectivity index (χ4n) is 1.62. The van der Waals surface area contributed by atoms with E-state index in [1.165, 1.54) is 19.1 Å². The third-order valence-electron chi connectivity index (χ3n) is 2.41. The molecule has 0 aliphatic carbocycles. The molecule has 0 amide bonds. The number of aryl methyl sites for hydroxylation is 1. The molecule has 0 heterocycles. The molecule has 0 aliphatic heterocycles. The molecule has 0 unspecified atom stereocenters. The summed E-state index contributed by atoms with van der Waals surface area (Å²) in [6.45, 7) is 3.30. The minimum absolute atomic E-state index is 0.306. The highest BCUT2D eigenvalue weighted by Gasteiger charge is 2.32. The highest BCUT2D eigenvalue weighted by molar-refractivity contribution is 8.05. The minimum Gasteiger partial charge on any atom is -0.268 e. The summed E-state index contributed by atoms with van der Waals surface area (Å²) in [5.41, 5.74) is 0.736. The number of hydrogen-bond donors (Lipinski definition) is 2. The Bertz CT molecular complexity index is 618. The summed E-state index contributed by atoms with van der Waals surface area (Å²) in [5.74, 6) is 0. The fourth-order valence-corrected chi connectivity index (χ4v) is 3.46. The van der Waals surface area contributed by atoms with Crippen molar-refractivity contribution in [2.75, 3.05) is 3.71 Å². The van der Waals surface area contributed by atoms with Crippen LogP contribution in [-0.4, -0.2) is 25.9 Å². The van der Waals surface area contributed by atoms with Gasteiger partial charge < -0.3 is 0 Å². The van der Waals surface area contributed by atoms with E-state index in [2.05, 4.69) is 0 Å². The van der Waals surface area contributed by atoms with E-state index in [-0.39, 0.29) is 5.69 Å². The molecule has 0 radical (unpaired) electrons. The molecule has 1 aromatic rings. The van der Waals surface area contributed by atoms with E-state index >= 15 is 0 Å². The number of rotatable bonds is 4. The normalized spacial score (nSPS) is 12.4. The van der Waals surface area contributed by atoms with Gasteiger partial charge in [-0.3, -0.25) is 9.11 Å². The molecular weight excluding hydrogens is 282 g/mol. The molecule has 0 bridgehead atoms. The Kier molecular flexibility index (Phi) is 4.01. The third kappa shape index (κ3) is 2.99. The second-order valence-corrected chi connectivity index (χ2v) is 6.32. The van der Waals surface area contributed by atoms with Gasteiger partial charge in [0.2, 0.25) is 0 Å². The maximum atomic E-state index is 11.1. The van der Waals surface area contributed by atoms with Crippen LogP contribution in [0.15, 0.2) is 18.2 Å². The Morgan fingerprint density at radius 3 is 2.00 bits per heavy atom. The average molecular weight is 295 g/mol. The highest BCUT2D eigenvalue weighted by Crippen LogP contribution is 2.27. The van der Waals surface area contributed by atoms with E-state index in [4.69, 9.17) is 9.11 Å². The summed E-state index contributed by atoms with van der Waals surface area (Å²) in [6, 6.07) is 4.30. The Morgan fingerprint density at radius 2 is 1.61 bits per heavy atom. The van der Waals surface area contributed by atoms with Crippen molar-refractivity contribution in [1.29, 1.82) is 0 Å². The smallest absolute Gasteiger partial charge is 0.268 e. The van der Waals surface area contributed by atoms with Crippen molar-refractivity contribution in [1.82, 2.24) is 0 Å². The molecule has 0 fully saturated rings. The maximum Gasteiger partial charge on any atom is 0.375 e. The van der Waals surface area contributed by atoms with Crippen molar-refractivity contribution in [2.45, 2.75) is 20.3 Å². The first-order valence-corrected chi connectivity index (χ1v) is 7.72. The molecule has 0 aliphatic rings. The number of nitrogens with zero attached hydrogens (tertiary/aromatic N) is 1. The highest BCUT2D eigenvalue weighted by atomic mass is 32.3. The van der Waals surface area contributed by atoms with Gasteiger partial charge in [0, 0.05) is 0 Å². The van der Waals surface area contributed by atoms with Crippen LogP contribution in [0.4, 0.5) is 5.69 Å². The summed E-state index contributed by atoms with van der Waals surface area (Å²) in [7, 11) is -10.3. The lowest BCUT2D eigenvalue weighted by atomic mass is 10.1. The molecule has 102 valence electrons. The molecule has 18 heavy (non-hydrogen) atoms. The van der Waals surface area contributed by atoms with E-state index in [1.807, 2.05) is 0 Å². The van der Waals surface area contributed by atoms with Gasteiger partial charge >= 0.3 is 20.6 Å². The maximum absolute atomic E-state index is 11.1. The van der Waals surface area contributed by atoms with Gasteiger partial charge in [0.1, 0.15) is 0 Å². The van der Waals surface area contributed by atoms with Crippen LogP contribution in [0.5, 0.6) is 0 Å². The number of anilines is 1. The van der Waals surface area contributed by atoms with Gasteiger partial charge in [0.25, 0.3) is 0 Å². The first-order valence-electron chi connectivity index (χ1n) is 4.93. The van der Waals surface area contributed by atoms with Gasteiger partial charge in [0.05, 0.1) is 5.69 Å². The quantitative estimate of drug-likeness (QED) is 0.800. The van der Waals surface area contributed by atoms with Crippen LogP contribution in [0.3, 0.4) is 0 Å². The van der Waals surface area contributed by atoms with Crippen LogP contribution >= 0.6 is 0 Å². The van der Waals surface area contributed by atoms with Crippen LogP contribution in [0.1, 0.15) is 18.1 Å². The standard InChI is InChI=1S/C9H13NO6S2/c1-3-8-5-4-6-9(7(8)2)10(17(11,12)13)18(14,15)16/h4-6H,3H2,1-2H3,(H,11,12,13)(H,14,15,16). The van der Waals surface area contributed by atoms with E-state index < -0.39 is 24.3 Å². The molecule has 0 spiro atoms. The lowest BCUT2D eigenvalue weighted by molar-refractivity contribution is 0.466. The van der Waals surface area contributed by atoms with Crippen LogP contribution in [0.25, 0.3) is 0 Å². The molecule has 7 nitrogen and oxygen atoms in total.